The minimum atomic E-state index is -1.50. The summed E-state index contributed by atoms with van der Waals surface area (Å²) in [7, 11) is 0. The summed E-state index contributed by atoms with van der Waals surface area (Å²) < 4.78 is 0. The van der Waals surface area contributed by atoms with E-state index >= 15 is 0 Å². The molecule has 0 amide bonds. The van der Waals surface area contributed by atoms with Crippen LogP contribution in [-0.4, -0.2) is 32.2 Å². The molecule has 1 aromatic heterocycles. The van der Waals surface area contributed by atoms with E-state index in [0.717, 1.165) is 5.56 Å². The van der Waals surface area contributed by atoms with E-state index in [4.69, 9.17) is 5.11 Å². The highest BCUT2D eigenvalue weighted by molar-refractivity contribution is 6.04. The van der Waals surface area contributed by atoms with Gasteiger partial charge in [0.15, 0.2) is 5.75 Å². The molecule has 0 saturated heterocycles. The minimum Gasteiger partial charge on any atom is -0.505 e. The van der Waals surface area contributed by atoms with Gasteiger partial charge in [0, 0.05) is 6.42 Å². The Labute approximate surface area is 120 Å². The van der Waals surface area contributed by atoms with Crippen LogP contribution in [0, 0.1) is 6.92 Å². The summed E-state index contributed by atoms with van der Waals surface area (Å²) in [5.41, 5.74) is -0.103. The quantitative estimate of drug-likeness (QED) is 0.794. The second kappa shape index (κ2) is 5.62. The number of carboxylic acid groups (broad SMARTS) is 2. The average Bonchev–Trinajstić information content (AvgIpc) is 2.42. The molecule has 0 saturated carbocycles. The van der Waals surface area contributed by atoms with Crippen molar-refractivity contribution in [1.82, 2.24) is 4.98 Å². The number of aromatic carboxylic acids is 2. The van der Waals surface area contributed by atoms with Crippen molar-refractivity contribution in [3.63, 3.8) is 0 Å². The number of aryl methyl sites for hydroxylation is 1. The molecule has 1 heterocycles. The third kappa shape index (κ3) is 2.84. The van der Waals surface area contributed by atoms with Gasteiger partial charge in [-0.15, -0.1) is 0 Å². The highest BCUT2D eigenvalue weighted by Gasteiger charge is 2.27. The molecule has 0 radical (unpaired) electrons. The topological polar surface area (TPSA) is 108 Å². The molecule has 2 rings (SSSR count). The van der Waals surface area contributed by atoms with Crippen molar-refractivity contribution in [2.75, 3.05) is 0 Å². The first kappa shape index (κ1) is 14.5. The van der Waals surface area contributed by atoms with E-state index in [1.165, 1.54) is 6.92 Å². The summed E-state index contributed by atoms with van der Waals surface area (Å²) in [5.74, 6) is -3.54. The van der Waals surface area contributed by atoms with Crippen LogP contribution in [-0.2, 0) is 6.42 Å². The Balaban J connectivity index is 2.65. The molecule has 3 N–H and O–H groups in total. The SMILES string of the molecule is Cc1nc(Cc2ccccc2)c(C(=O)O)c(C(=O)O)c1O. The lowest BCUT2D eigenvalue weighted by Crippen LogP contribution is -2.15. The third-order valence-electron chi connectivity index (χ3n) is 3.06. The molecule has 0 bridgehead atoms. The van der Waals surface area contributed by atoms with Crippen LogP contribution in [0.25, 0.3) is 0 Å². The molecule has 0 fully saturated rings. The van der Waals surface area contributed by atoms with E-state index < -0.39 is 28.8 Å². The number of hydrogen-bond donors (Lipinski definition) is 3. The number of benzene rings is 1. The van der Waals surface area contributed by atoms with Gasteiger partial charge in [-0.25, -0.2) is 9.59 Å². The van der Waals surface area contributed by atoms with E-state index in [1.807, 2.05) is 6.07 Å². The summed E-state index contributed by atoms with van der Waals surface area (Å²) in [6.07, 6.45) is 0.171. The fraction of sp³-hybridized carbons (Fsp3) is 0.133. The van der Waals surface area contributed by atoms with E-state index in [2.05, 4.69) is 4.98 Å². The van der Waals surface area contributed by atoms with Crippen LogP contribution in [0.15, 0.2) is 30.3 Å². The molecule has 0 aliphatic rings. The predicted molar refractivity (Wildman–Crippen MR) is 73.8 cm³/mol. The van der Waals surface area contributed by atoms with E-state index in [-0.39, 0.29) is 17.8 Å². The normalized spacial score (nSPS) is 10.3. The average molecular weight is 287 g/mol. The number of nitrogens with zero attached hydrogens (tertiary/aromatic N) is 1. The van der Waals surface area contributed by atoms with Gasteiger partial charge in [0.2, 0.25) is 0 Å². The number of aromatic nitrogens is 1. The Morgan fingerprint density at radius 3 is 2.14 bits per heavy atom. The monoisotopic (exact) mass is 287 g/mol. The molecule has 21 heavy (non-hydrogen) atoms. The predicted octanol–water partition coefficient (Wildman–Crippen LogP) is 2.08. The lowest BCUT2D eigenvalue weighted by molar-refractivity contribution is 0.0646. The van der Waals surface area contributed by atoms with Gasteiger partial charge in [-0.05, 0) is 12.5 Å². The molecule has 0 atom stereocenters. The van der Waals surface area contributed by atoms with Crippen molar-refractivity contribution in [3.05, 3.63) is 58.4 Å². The Morgan fingerprint density at radius 2 is 1.62 bits per heavy atom. The summed E-state index contributed by atoms with van der Waals surface area (Å²) in [5, 5.41) is 28.2. The van der Waals surface area contributed by atoms with Crippen molar-refractivity contribution in [3.8, 4) is 5.75 Å². The number of hydrogen-bond acceptors (Lipinski definition) is 4. The first-order valence-electron chi connectivity index (χ1n) is 6.14. The van der Waals surface area contributed by atoms with Gasteiger partial charge in [-0.1, -0.05) is 30.3 Å². The zero-order chi connectivity index (χ0) is 15.6. The Bertz CT molecular complexity index is 710. The molecule has 0 aliphatic heterocycles. The molecule has 6 nitrogen and oxygen atoms in total. The van der Waals surface area contributed by atoms with Crippen molar-refractivity contribution < 1.29 is 24.9 Å². The van der Waals surface area contributed by atoms with Crippen LogP contribution in [0.5, 0.6) is 5.75 Å². The first-order chi connectivity index (χ1) is 9.91. The summed E-state index contributed by atoms with van der Waals surface area (Å²) >= 11 is 0. The van der Waals surface area contributed by atoms with Gasteiger partial charge in [-0.2, -0.15) is 0 Å². The van der Waals surface area contributed by atoms with Crippen molar-refractivity contribution in [1.29, 1.82) is 0 Å². The van der Waals surface area contributed by atoms with Gasteiger partial charge in [-0.3, -0.25) is 4.98 Å². The molecule has 2 aromatic rings. The lowest BCUT2D eigenvalue weighted by atomic mass is 9.99. The van der Waals surface area contributed by atoms with Gasteiger partial charge >= 0.3 is 11.9 Å². The van der Waals surface area contributed by atoms with Gasteiger partial charge in [0.1, 0.15) is 5.56 Å². The number of pyridine rings is 1. The number of rotatable bonds is 4. The number of aromatic hydroxyl groups is 1. The Hall–Kier alpha value is -2.89. The zero-order valence-corrected chi connectivity index (χ0v) is 11.2. The highest BCUT2D eigenvalue weighted by atomic mass is 16.4. The second-order valence-electron chi connectivity index (χ2n) is 4.52. The maximum absolute atomic E-state index is 11.4. The van der Waals surface area contributed by atoms with Crippen LogP contribution < -0.4 is 0 Å². The Kier molecular flexibility index (Phi) is 3.89. The fourth-order valence-electron chi connectivity index (χ4n) is 2.11. The standard InChI is InChI=1S/C15H13NO5/c1-8-13(17)12(15(20)21)11(14(18)19)10(16-8)7-9-5-3-2-4-6-9/h2-6,17H,7H2,1H3,(H,18,19)(H,20,21). The summed E-state index contributed by atoms with van der Waals surface area (Å²) in [6.45, 7) is 1.43. The maximum Gasteiger partial charge on any atom is 0.340 e. The summed E-state index contributed by atoms with van der Waals surface area (Å²) in [6, 6.07) is 8.98. The largest absolute Gasteiger partial charge is 0.505 e. The van der Waals surface area contributed by atoms with E-state index in [0.29, 0.717) is 0 Å². The fourth-order valence-corrected chi connectivity index (χ4v) is 2.11. The smallest absolute Gasteiger partial charge is 0.340 e. The van der Waals surface area contributed by atoms with Crippen LogP contribution >= 0.6 is 0 Å². The highest BCUT2D eigenvalue weighted by Crippen LogP contribution is 2.28. The lowest BCUT2D eigenvalue weighted by Gasteiger charge is -2.12. The van der Waals surface area contributed by atoms with E-state index in [1.54, 1.807) is 24.3 Å². The molecule has 0 unspecified atom stereocenters. The Morgan fingerprint density at radius 1 is 1.05 bits per heavy atom. The minimum absolute atomic E-state index is 0.0864. The maximum atomic E-state index is 11.4. The summed E-state index contributed by atoms with van der Waals surface area (Å²) in [4.78, 5) is 26.7. The zero-order valence-electron chi connectivity index (χ0n) is 11.2. The molecular weight excluding hydrogens is 274 g/mol. The van der Waals surface area contributed by atoms with Gasteiger partial charge in [0.05, 0.1) is 17.0 Å². The van der Waals surface area contributed by atoms with Crippen LogP contribution in [0.4, 0.5) is 0 Å². The second-order valence-corrected chi connectivity index (χ2v) is 4.52. The van der Waals surface area contributed by atoms with Gasteiger partial charge < -0.3 is 15.3 Å². The number of carboxylic acids is 2. The van der Waals surface area contributed by atoms with Gasteiger partial charge in [0.25, 0.3) is 0 Å². The van der Waals surface area contributed by atoms with Crippen molar-refractivity contribution in [2.45, 2.75) is 13.3 Å². The molecule has 1 aromatic carbocycles. The van der Waals surface area contributed by atoms with Crippen LogP contribution in [0.2, 0.25) is 0 Å². The van der Waals surface area contributed by atoms with E-state index in [9.17, 15) is 19.8 Å². The molecule has 108 valence electrons. The molecule has 0 aliphatic carbocycles. The van der Waals surface area contributed by atoms with Crippen molar-refractivity contribution in [2.24, 2.45) is 0 Å². The molecule has 6 heteroatoms. The first-order valence-corrected chi connectivity index (χ1v) is 6.14. The number of carbonyl (C=O) groups is 2. The van der Waals surface area contributed by atoms with Crippen LogP contribution in [0.3, 0.4) is 0 Å². The molecular formula is C15H13NO5. The molecule has 0 spiro atoms. The third-order valence-corrected chi connectivity index (χ3v) is 3.06. The van der Waals surface area contributed by atoms with Crippen molar-refractivity contribution >= 4 is 11.9 Å². The van der Waals surface area contributed by atoms with Crippen LogP contribution in [0.1, 0.15) is 37.7 Å².